The molecule has 1 atom stereocenters. The molecule has 96 valence electrons. The standard InChI is InChI=1S/C16H14ClNO/c17-16-4-2-1-3-15(16)13-7-5-12(6-8-13)11-14(19)9-10-18/h1-8,14,19H,9,11H2. The summed E-state index contributed by atoms with van der Waals surface area (Å²) in [5, 5.41) is 18.8. The second-order valence-electron chi connectivity index (χ2n) is 4.40. The maximum Gasteiger partial charge on any atom is 0.0710 e. The van der Waals surface area contributed by atoms with Crippen LogP contribution in [0.2, 0.25) is 5.02 Å². The maximum atomic E-state index is 9.59. The summed E-state index contributed by atoms with van der Waals surface area (Å²) in [6.45, 7) is 0. The molecular weight excluding hydrogens is 258 g/mol. The average Bonchev–Trinajstić information content (AvgIpc) is 2.41. The third-order valence-electron chi connectivity index (χ3n) is 2.94. The van der Waals surface area contributed by atoms with Gasteiger partial charge in [0.25, 0.3) is 0 Å². The van der Waals surface area contributed by atoms with Crippen molar-refractivity contribution in [1.29, 1.82) is 5.26 Å². The Labute approximate surface area is 117 Å². The predicted molar refractivity (Wildman–Crippen MR) is 76.8 cm³/mol. The van der Waals surface area contributed by atoms with Gasteiger partial charge in [0.2, 0.25) is 0 Å². The summed E-state index contributed by atoms with van der Waals surface area (Å²) in [6, 6.07) is 17.5. The van der Waals surface area contributed by atoms with Crippen LogP contribution in [0.15, 0.2) is 48.5 Å². The van der Waals surface area contributed by atoms with Crippen molar-refractivity contribution in [2.24, 2.45) is 0 Å². The molecule has 0 aliphatic heterocycles. The molecule has 2 aromatic carbocycles. The fraction of sp³-hybridized carbons (Fsp3) is 0.188. The second kappa shape index (κ2) is 6.38. The summed E-state index contributed by atoms with van der Waals surface area (Å²) >= 11 is 6.15. The highest BCUT2D eigenvalue weighted by molar-refractivity contribution is 6.33. The van der Waals surface area contributed by atoms with Gasteiger partial charge in [0.1, 0.15) is 0 Å². The van der Waals surface area contributed by atoms with Crippen molar-refractivity contribution in [3.05, 3.63) is 59.1 Å². The van der Waals surface area contributed by atoms with E-state index in [4.69, 9.17) is 16.9 Å². The molecule has 19 heavy (non-hydrogen) atoms. The number of nitrogens with zero attached hydrogens (tertiary/aromatic N) is 1. The first-order valence-corrected chi connectivity index (χ1v) is 6.47. The molecule has 0 bridgehead atoms. The molecule has 3 heteroatoms. The normalized spacial score (nSPS) is 11.8. The number of hydrogen-bond acceptors (Lipinski definition) is 2. The first-order chi connectivity index (χ1) is 9.20. The Kier molecular flexibility index (Phi) is 4.57. The van der Waals surface area contributed by atoms with E-state index in [1.165, 1.54) is 0 Å². The van der Waals surface area contributed by atoms with E-state index in [1.807, 2.05) is 54.6 Å². The van der Waals surface area contributed by atoms with Crippen LogP contribution in [0, 0.1) is 11.3 Å². The highest BCUT2D eigenvalue weighted by atomic mass is 35.5. The molecule has 0 amide bonds. The summed E-state index contributed by atoms with van der Waals surface area (Å²) in [5.41, 5.74) is 3.05. The monoisotopic (exact) mass is 271 g/mol. The molecule has 1 N–H and O–H groups in total. The van der Waals surface area contributed by atoms with Crippen LogP contribution >= 0.6 is 11.6 Å². The van der Waals surface area contributed by atoms with Crippen molar-refractivity contribution in [1.82, 2.24) is 0 Å². The molecule has 0 aliphatic carbocycles. The van der Waals surface area contributed by atoms with Gasteiger partial charge in [-0.1, -0.05) is 54.1 Å². The lowest BCUT2D eigenvalue weighted by molar-refractivity contribution is 0.180. The second-order valence-corrected chi connectivity index (χ2v) is 4.80. The summed E-state index contributed by atoms with van der Waals surface area (Å²) in [6.07, 6.45) is 0.0546. The molecule has 0 heterocycles. The largest absolute Gasteiger partial charge is 0.392 e. The van der Waals surface area contributed by atoms with Crippen LogP contribution in [0.5, 0.6) is 0 Å². The summed E-state index contributed by atoms with van der Waals surface area (Å²) in [7, 11) is 0. The van der Waals surface area contributed by atoms with E-state index in [1.54, 1.807) is 0 Å². The van der Waals surface area contributed by atoms with Gasteiger partial charge in [0, 0.05) is 10.6 Å². The Morgan fingerprint density at radius 3 is 2.42 bits per heavy atom. The molecule has 2 rings (SSSR count). The average molecular weight is 272 g/mol. The van der Waals surface area contributed by atoms with Crippen LogP contribution in [-0.2, 0) is 6.42 Å². The molecular formula is C16H14ClNO. The van der Waals surface area contributed by atoms with Crippen molar-refractivity contribution in [3.8, 4) is 17.2 Å². The third kappa shape index (κ3) is 3.57. The Morgan fingerprint density at radius 1 is 1.11 bits per heavy atom. The zero-order valence-corrected chi connectivity index (χ0v) is 11.1. The van der Waals surface area contributed by atoms with Crippen molar-refractivity contribution < 1.29 is 5.11 Å². The Hall–Kier alpha value is -1.82. The maximum absolute atomic E-state index is 9.59. The molecule has 0 aliphatic rings. The lowest BCUT2D eigenvalue weighted by atomic mass is 10.0. The van der Waals surface area contributed by atoms with Crippen LogP contribution in [0.1, 0.15) is 12.0 Å². The molecule has 0 saturated heterocycles. The lowest BCUT2D eigenvalue weighted by Gasteiger charge is -2.08. The van der Waals surface area contributed by atoms with E-state index in [-0.39, 0.29) is 6.42 Å². The highest BCUT2D eigenvalue weighted by Gasteiger charge is 2.06. The van der Waals surface area contributed by atoms with Crippen molar-refractivity contribution >= 4 is 11.6 Å². The van der Waals surface area contributed by atoms with E-state index in [2.05, 4.69) is 0 Å². The van der Waals surface area contributed by atoms with E-state index in [9.17, 15) is 5.11 Å². The topological polar surface area (TPSA) is 44.0 Å². The molecule has 0 radical (unpaired) electrons. The number of aliphatic hydroxyl groups is 1. The molecule has 0 aromatic heterocycles. The minimum atomic E-state index is -0.601. The van der Waals surface area contributed by atoms with E-state index < -0.39 is 6.10 Å². The van der Waals surface area contributed by atoms with Gasteiger partial charge in [-0.05, 0) is 23.6 Å². The Morgan fingerprint density at radius 2 is 1.79 bits per heavy atom. The summed E-state index contributed by atoms with van der Waals surface area (Å²) in [4.78, 5) is 0. The lowest BCUT2D eigenvalue weighted by Crippen LogP contribution is -2.08. The number of nitriles is 1. The third-order valence-corrected chi connectivity index (χ3v) is 3.27. The number of halogens is 1. The van der Waals surface area contributed by atoms with Gasteiger partial charge in [-0.15, -0.1) is 0 Å². The number of hydrogen-bond donors (Lipinski definition) is 1. The van der Waals surface area contributed by atoms with Crippen LogP contribution in [0.3, 0.4) is 0 Å². The Balaban J connectivity index is 2.15. The van der Waals surface area contributed by atoms with Crippen LogP contribution < -0.4 is 0 Å². The Bertz CT molecular complexity index is 586. The highest BCUT2D eigenvalue weighted by Crippen LogP contribution is 2.27. The van der Waals surface area contributed by atoms with Crippen molar-refractivity contribution in [2.75, 3.05) is 0 Å². The van der Waals surface area contributed by atoms with Crippen molar-refractivity contribution in [2.45, 2.75) is 18.9 Å². The molecule has 2 nitrogen and oxygen atoms in total. The smallest absolute Gasteiger partial charge is 0.0710 e. The molecule has 0 fully saturated rings. The SMILES string of the molecule is N#CCC(O)Cc1ccc(-c2ccccc2Cl)cc1. The van der Waals surface area contributed by atoms with Crippen LogP contribution in [0.25, 0.3) is 11.1 Å². The number of benzene rings is 2. The zero-order valence-electron chi connectivity index (χ0n) is 10.4. The van der Waals surface area contributed by atoms with Crippen LogP contribution in [-0.4, -0.2) is 11.2 Å². The molecule has 1 unspecified atom stereocenters. The molecule has 0 spiro atoms. The fourth-order valence-corrected chi connectivity index (χ4v) is 2.21. The summed E-state index contributed by atoms with van der Waals surface area (Å²) < 4.78 is 0. The van der Waals surface area contributed by atoms with Gasteiger partial charge in [-0.2, -0.15) is 5.26 Å². The van der Waals surface area contributed by atoms with Crippen LogP contribution in [0.4, 0.5) is 0 Å². The molecule has 2 aromatic rings. The van der Waals surface area contributed by atoms with Gasteiger partial charge in [-0.25, -0.2) is 0 Å². The first-order valence-electron chi connectivity index (χ1n) is 6.09. The zero-order chi connectivity index (χ0) is 13.7. The first kappa shape index (κ1) is 13.6. The van der Waals surface area contributed by atoms with Gasteiger partial charge < -0.3 is 5.11 Å². The minimum absolute atomic E-state index is 0.159. The van der Waals surface area contributed by atoms with E-state index >= 15 is 0 Å². The van der Waals surface area contributed by atoms with E-state index in [0.717, 1.165) is 21.7 Å². The molecule has 0 saturated carbocycles. The number of aliphatic hydroxyl groups excluding tert-OH is 1. The quantitative estimate of drug-likeness (QED) is 0.919. The number of rotatable bonds is 4. The van der Waals surface area contributed by atoms with Gasteiger partial charge in [-0.3, -0.25) is 0 Å². The predicted octanol–water partition coefficient (Wildman–Crippen LogP) is 3.82. The minimum Gasteiger partial charge on any atom is -0.392 e. The van der Waals surface area contributed by atoms with Gasteiger partial charge >= 0.3 is 0 Å². The van der Waals surface area contributed by atoms with E-state index in [0.29, 0.717) is 6.42 Å². The summed E-state index contributed by atoms with van der Waals surface area (Å²) in [5.74, 6) is 0. The fourth-order valence-electron chi connectivity index (χ4n) is 1.97. The van der Waals surface area contributed by atoms with Gasteiger partial charge in [0.05, 0.1) is 18.6 Å². The van der Waals surface area contributed by atoms with Crippen molar-refractivity contribution in [3.63, 3.8) is 0 Å². The van der Waals surface area contributed by atoms with Gasteiger partial charge in [0.15, 0.2) is 0 Å².